The van der Waals surface area contributed by atoms with E-state index in [9.17, 15) is 8.42 Å². The van der Waals surface area contributed by atoms with E-state index in [0.717, 1.165) is 62.2 Å². The van der Waals surface area contributed by atoms with Crippen molar-refractivity contribution in [3.05, 3.63) is 11.6 Å². The molecule has 1 unspecified atom stereocenters. The summed E-state index contributed by atoms with van der Waals surface area (Å²) in [6, 6.07) is 0. The van der Waals surface area contributed by atoms with Crippen molar-refractivity contribution in [3.8, 4) is 0 Å². The molecular weight excluding hydrogens is 516 g/mol. The van der Waals surface area contributed by atoms with Crippen LogP contribution in [0.1, 0.15) is 98.3 Å². The van der Waals surface area contributed by atoms with E-state index in [1.165, 1.54) is 32.1 Å². The van der Waals surface area contributed by atoms with Crippen LogP contribution < -0.4 is 0 Å². The van der Waals surface area contributed by atoms with Crippen molar-refractivity contribution in [2.45, 2.75) is 104 Å². The Morgan fingerprint density at radius 1 is 1.11 bits per heavy atom. The molecular formula is C27H46O8S2. The van der Waals surface area contributed by atoms with Crippen molar-refractivity contribution in [1.82, 2.24) is 0 Å². The minimum Gasteiger partial charge on any atom is -0.286 e. The molecule has 0 bridgehead atoms. The van der Waals surface area contributed by atoms with E-state index >= 15 is 0 Å². The van der Waals surface area contributed by atoms with Gasteiger partial charge in [0, 0.05) is 0 Å². The summed E-state index contributed by atoms with van der Waals surface area (Å²) in [7, 11) is -4.35. The SMILES string of the molecule is CC(CCC[C@@H](C)[C@H]1CC[C@H]2[C@@H]3CC=C4C[C@@H](OSOOO)CC[C@]4(C)[C@H]3CC[C@]12C)COS(=O)(=O)O. The maximum atomic E-state index is 10.8. The molecule has 9 atom stereocenters. The topological polar surface area (TPSA) is 112 Å². The molecule has 0 heterocycles. The summed E-state index contributed by atoms with van der Waals surface area (Å²) in [6.45, 7) is 9.53. The Kier molecular flexibility index (Phi) is 9.76. The number of hydrogen-bond donors (Lipinski definition) is 2. The van der Waals surface area contributed by atoms with Gasteiger partial charge in [0.1, 0.15) is 0 Å². The van der Waals surface area contributed by atoms with Gasteiger partial charge in [-0.05, 0) is 104 Å². The zero-order valence-electron chi connectivity index (χ0n) is 22.8. The van der Waals surface area contributed by atoms with Crippen LogP contribution in [0.15, 0.2) is 11.6 Å². The molecule has 0 aromatic heterocycles. The first kappa shape index (κ1) is 29.8. The van der Waals surface area contributed by atoms with E-state index in [-0.39, 0.29) is 24.0 Å². The molecule has 214 valence electrons. The fourth-order valence-electron chi connectivity index (χ4n) is 9.04. The van der Waals surface area contributed by atoms with Crippen LogP contribution in [0.3, 0.4) is 0 Å². The lowest BCUT2D eigenvalue weighted by atomic mass is 9.47. The van der Waals surface area contributed by atoms with Crippen LogP contribution in [0, 0.1) is 46.3 Å². The van der Waals surface area contributed by atoms with E-state index in [1.807, 2.05) is 6.92 Å². The van der Waals surface area contributed by atoms with Gasteiger partial charge in [-0.15, -0.1) is 4.33 Å². The van der Waals surface area contributed by atoms with E-state index in [2.05, 4.69) is 40.4 Å². The lowest BCUT2D eigenvalue weighted by molar-refractivity contribution is -0.434. The van der Waals surface area contributed by atoms with Crippen molar-refractivity contribution >= 4 is 22.7 Å². The molecule has 10 heteroatoms. The zero-order chi connectivity index (χ0) is 26.8. The average Bonchev–Trinajstić information content (AvgIpc) is 3.20. The Bertz CT molecular complexity index is 910. The van der Waals surface area contributed by atoms with Crippen molar-refractivity contribution in [2.75, 3.05) is 6.61 Å². The lowest BCUT2D eigenvalue weighted by Gasteiger charge is -2.58. The highest BCUT2D eigenvalue weighted by molar-refractivity contribution is 7.89. The molecule has 0 saturated heterocycles. The molecule has 0 aromatic rings. The van der Waals surface area contributed by atoms with E-state index in [4.69, 9.17) is 14.0 Å². The van der Waals surface area contributed by atoms with Crippen LogP contribution in [-0.2, 0) is 28.1 Å². The summed E-state index contributed by atoms with van der Waals surface area (Å²) < 4.78 is 45.1. The van der Waals surface area contributed by atoms with Crippen molar-refractivity contribution in [2.24, 2.45) is 46.3 Å². The van der Waals surface area contributed by atoms with Gasteiger partial charge in [-0.25, -0.2) is 9.44 Å². The van der Waals surface area contributed by atoms with Gasteiger partial charge in [0.25, 0.3) is 0 Å². The lowest BCUT2D eigenvalue weighted by Crippen LogP contribution is -2.50. The highest BCUT2D eigenvalue weighted by atomic mass is 32.3. The van der Waals surface area contributed by atoms with Gasteiger partial charge in [0.05, 0.1) is 12.7 Å². The third kappa shape index (κ3) is 6.59. The Hall–Kier alpha value is -0.200. The predicted octanol–water partition coefficient (Wildman–Crippen LogP) is 7.20. The first-order valence-corrected chi connectivity index (χ1v) is 16.1. The van der Waals surface area contributed by atoms with Gasteiger partial charge in [-0.1, -0.05) is 57.2 Å². The third-order valence-corrected chi connectivity index (χ3v) is 11.8. The second-order valence-electron chi connectivity index (χ2n) is 12.9. The molecule has 4 aliphatic rings. The highest BCUT2D eigenvalue weighted by Gasteiger charge is 2.59. The number of allylic oxidation sites excluding steroid dienone is 1. The van der Waals surface area contributed by atoms with Crippen LogP contribution in [-0.4, -0.2) is 30.9 Å². The second-order valence-corrected chi connectivity index (χ2v) is 14.4. The van der Waals surface area contributed by atoms with Gasteiger partial charge in [-0.3, -0.25) is 8.74 Å². The Morgan fingerprint density at radius 2 is 1.89 bits per heavy atom. The molecule has 4 aliphatic carbocycles. The fourth-order valence-corrected chi connectivity index (χ4v) is 9.78. The van der Waals surface area contributed by atoms with E-state index in [0.29, 0.717) is 23.7 Å². The van der Waals surface area contributed by atoms with Crippen LogP contribution >= 0.6 is 12.3 Å². The van der Waals surface area contributed by atoms with E-state index < -0.39 is 10.4 Å². The van der Waals surface area contributed by atoms with Gasteiger partial charge >= 0.3 is 10.4 Å². The Labute approximate surface area is 227 Å². The first-order valence-electron chi connectivity index (χ1n) is 14.1. The summed E-state index contributed by atoms with van der Waals surface area (Å²) in [4.78, 5) is 0. The van der Waals surface area contributed by atoms with Crippen LogP contribution in [0.2, 0.25) is 0 Å². The minimum atomic E-state index is -4.35. The number of fused-ring (bicyclic) bond motifs is 5. The van der Waals surface area contributed by atoms with Crippen LogP contribution in [0.4, 0.5) is 0 Å². The molecule has 0 radical (unpaired) electrons. The second kappa shape index (κ2) is 12.1. The molecule has 2 N–H and O–H groups in total. The molecule has 0 amide bonds. The summed E-state index contributed by atoms with van der Waals surface area (Å²) >= 11 is 0.706. The maximum Gasteiger partial charge on any atom is 0.397 e. The standard InChI is InChI=1S/C27H46O8S2/c1-18(17-32-37(29,30)31)6-5-7-19(2)23-10-11-24-22-9-8-20-16-21(33-36-35-34-28)12-14-26(20,3)25(22)13-15-27(23,24)4/h8,18-19,21-25,28H,5-7,9-17H2,1-4H3,(H,29,30,31)/t18?,19-,21+,22+,23-,24+,25+,26+,27-/m1/s1. The number of rotatable bonds is 12. The van der Waals surface area contributed by atoms with Gasteiger partial charge in [0.2, 0.25) is 0 Å². The molecule has 3 saturated carbocycles. The molecule has 0 aliphatic heterocycles. The molecule has 4 rings (SSSR count). The molecule has 0 aromatic carbocycles. The van der Waals surface area contributed by atoms with E-state index in [1.54, 1.807) is 5.57 Å². The van der Waals surface area contributed by atoms with Crippen molar-refractivity contribution < 1.29 is 36.0 Å². The quantitative estimate of drug-likeness (QED) is 0.0637. The van der Waals surface area contributed by atoms with Gasteiger partial charge in [0.15, 0.2) is 12.3 Å². The number of hydrogen-bond acceptors (Lipinski definition) is 8. The van der Waals surface area contributed by atoms with Crippen LogP contribution in [0.5, 0.6) is 0 Å². The summed E-state index contributed by atoms with van der Waals surface area (Å²) in [6.07, 6.45) is 15.2. The molecule has 3 fully saturated rings. The Balaban J connectivity index is 1.33. The maximum absolute atomic E-state index is 10.8. The largest absolute Gasteiger partial charge is 0.397 e. The van der Waals surface area contributed by atoms with Gasteiger partial charge < -0.3 is 0 Å². The summed E-state index contributed by atoms with van der Waals surface area (Å²) in [5, 5.41) is 12.0. The molecule has 37 heavy (non-hydrogen) atoms. The van der Waals surface area contributed by atoms with Gasteiger partial charge in [-0.2, -0.15) is 8.42 Å². The van der Waals surface area contributed by atoms with Crippen molar-refractivity contribution in [3.63, 3.8) is 0 Å². The predicted molar refractivity (Wildman–Crippen MR) is 142 cm³/mol. The van der Waals surface area contributed by atoms with Crippen molar-refractivity contribution in [1.29, 1.82) is 0 Å². The minimum absolute atomic E-state index is 0.0460. The normalized spacial score (nSPS) is 39.3. The highest BCUT2D eigenvalue weighted by Crippen LogP contribution is 2.67. The summed E-state index contributed by atoms with van der Waals surface area (Å²) in [5.74, 6) is 3.80. The average molecular weight is 563 g/mol. The first-order chi connectivity index (χ1) is 17.5. The van der Waals surface area contributed by atoms with Crippen LogP contribution in [0.25, 0.3) is 0 Å². The smallest absolute Gasteiger partial charge is 0.286 e. The molecule has 0 spiro atoms. The molecule has 8 nitrogen and oxygen atoms in total. The Morgan fingerprint density at radius 3 is 2.62 bits per heavy atom. The zero-order valence-corrected chi connectivity index (χ0v) is 24.4. The third-order valence-electron chi connectivity index (χ3n) is 10.9. The fraction of sp³-hybridized carbons (Fsp3) is 0.926. The summed E-state index contributed by atoms with van der Waals surface area (Å²) in [5.41, 5.74) is 2.21. The monoisotopic (exact) mass is 562 g/mol.